The molecule has 0 aromatic carbocycles. The van der Waals surface area contributed by atoms with Gasteiger partial charge in [0.15, 0.2) is 0 Å². The van der Waals surface area contributed by atoms with Crippen molar-refractivity contribution in [2.24, 2.45) is 5.73 Å². The van der Waals surface area contributed by atoms with E-state index in [4.69, 9.17) is 5.73 Å². The van der Waals surface area contributed by atoms with Gasteiger partial charge in [-0.25, -0.2) is 8.42 Å². The van der Waals surface area contributed by atoms with E-state index >= 15 is 0 Å². The Morgan fingerprint density at radius 1 is 1.26 bits per heavy atom. The summed E-state index contributed by atoms with van der Waals surface area (Å²) in [6, 6.07) is 7.29. The van der Waals surface area contributed by atoms with E-state index in [9.17, 15) is 8.42 Å². The first-order valence-electron chi connectivity index (χ1n) is 5.89. The zero-order valence-corrected chi connectivity index (χ0v) is 13.0. The van der Waals surface area contributed by atoms with Crippen molar-refractivity contribution in [3.63, 3.8) is 0 Å². The van der Waals surface area contributed by atoms with Crippen LogP contribution < -0.4 is 5.73 Å². The Balaban J connectivity index is 2.25. The molecule has 4 nitrogen and oxygen atoms in total. The minimum absolute atomic E-state index is 0.367. The molecule has 7 heteroatoms. The second-order valence-electron chi connectivity index (χ2n) is 3.94. The van der Waals surface area contributed by atoms with Crippen molar-refractivity contribution in [2.45, 2.75) is 24.2 Å². The number of hydrogen-bond acceptors (Lipinski definition) is 5. The normalized spacial score (nSPS) is 12.2. The Labute approximate surface area is 121 Å². The molecule has 0 radical (unpaired) electrons. The molecule has 104 valence electrons. The number of hydrogen-bond donors (Lipinski definition) is 1. The van der Waals surface area contributed by atoms with Crippen molar-refractivity contribution >= 4 is 32.7 Å². The Morgan fingerprint density at radius 2 is 2.05 bits per heavy atom. The summed E-state index contributed by atoms with van der Waals surface area (Å²) in [5, 5.41) is 1.95. The monoisotopic (exact) mass is 316 g/mol. The molecule has 0 aliphatic carbocycles. The van der Waals surface area contributed by atoms with Crippen molar-refractivity contribution in [2.75, 3.05) is 6.54 Å². The van der Waals surface area contributed by atoms with Gasteiger partial charge < -0.3 is 5.73 Å². The SMILES string of the molecule is CCN(Cc1cccs1)S(=O)(=O)c1ccc(CN)s1. The third-order valence-corrected chi connectivity index (χ3v) is 7.05. The van der Waals surface area contributed by atoms with Crippen LogP contribution in [0.3, 0.4) is 0 Å². The van der Waals surface area contributed by atoms with Gasteiger partial charge in [-0.15, -0.1) is 22.7 Å². The first-order valence-corrected chi connectivity index (χ1v) is 9.03. The van der Waals surface area contributed by atoms with E-state index in [1.165, 1.54) is 15.6 Å². The predicted molar refractivity (Wildman–Crippen MR) is 79.8 cm³/mol. The van der Waals surface area contributed by atoms with E-state index in [0.29, 0.717) is 23.8 Å². The highest BCUT2D eigenvalue weighted by Crippen LogP contribution is 2.26. The lowest BCUT2D eigenvalue weighted by Crippen LogP contribution is -2.29. The Kier molecular flexibility index (Phi) is 4.75. The van der Waals surface area contributed by atoms with Crippen LogP contribution in [0, 0.1) is 0 Å². The van der Waals surface area contributed by atoms with Gasteiger partial charge in [-0.05, 0) is 23.6 Å². The van der Waals surface area contributed by atoms with E-state index in [0.717, 1.165) is 9.75 Å². The van der Waals surface area contributed by atoms with Gasteiger partial charge in [0.2, 0.25) is 0 Å². The van der Waals surface area contributed by atoms with Crippen molar-refractivity contribution in [1.29, 1.82) is 0 Å². The fourth-order valence-corrected chi connectivity index (χ4v) is 5.29. The van der Waals surface area contributed by atoms with Crippen LogP contribution in [0.1, 0.15) is 16.7 Å². The molecule has 2 N–H and O–H groups in total. The number of thiophene rings is 2. The van der Waals surface area contributed by atoms with E-state index in [2.05, 4.69) is 0 Å². The average molecular weight is 316 g/mol. The van der Waals surface area contributed by atoms with E-state index in [1.807, 2.05) is 24.4 Å². The summed E-state index contributed by atoms with van der Waals surface area (Å²) in [7, 11) is -3.41. The van der Waals surface area contributed by atoms with Gasteiger partial charge >= 0.3 is 0 Å². The molecule has 2 rings (SSSR count). The van der Waals surface area contributed by atoms with Crippen LogP contribution >= 0.6 is 22.7 Å². The molecule has 0 aliphatic heterocycles. The summed E-state index contributed by atoms with van der Waals surface area (Å²) >= 11 is 2.81. The third kappa shape index (κ3) is 3.24. The summed E-state index contributed by atoms with van der Waals surface area (Å²) in [6.07, 6.45) is 0. The van der Waals surface area contributed by atoms with Crippen LogP contribution in [0.4, 0.5) is 0 Å². The smallest absolute Gasteiger partial charge is 0.252 e. The summed E-state index contributed by atoms with van der Waals surface area (Å²) in [6.45, 7) is 3.10. The zero-order valence-electron chi connectivity index (χ0n) is 10.6. The molecule has 0 bridgehead atoms. The highest BCUT2D eigenvalue weighted by Gasteiger charge is 2.25. The van der Waals surface area contributed by atoms with Gasteiger partial charge in [0.1, 0.15) is 4.21 Å². The fourth-order valence-electron chi connectivity index (χ4n) is 1.68. The van der Waals surface area contributed by atoms with Gasteiger partial charge in [0.05, 0.1) is 0 Å². The first-order chi connectivity index (χ1) is 9.07. The van der Waals surface area contributed by atoms with Gasteiger partial charge in [-0.3, -0.25) is 0 Å². The topological polar surface area (TPSA) is 63.4 Å². The van der Waals surface area contributed by atoms with Crippen LogP contribution in [-0.4, -0.2) is 19.3 Å². The molecule has 0 aliphatic rings. The standard InChI is InChI=1S/C12H16N2O2S3/c1-2-14(9-11-4-3-7-17-11)19(15,16)12-6-5-10(8-13)18-12/h3-7H,2,8-9,13H2,1H3. The Hall–Kier alpha value is -0.730. The summed E-state index contributed by atoms with van der Waals surface area (Å²) in [5.41, 5.74) is 5.53. The Bertz CT molecular complexity index is 617. The number of sulfonamides is 1. The first kappa shape index (κ1) is 14.7. The second-order valence-corrected chi connectivity index (χ2v) is 8.30. The molecular weight excluding hydrogens is 300 g/mol. The summed E-state index contributed by atoms with van der Waals surface area (Å²) < 4.78 is 26.9. The molecule has 0 saturated heterocycles. The number of nitrogens with zero attached hydrogens (tertiary/aromatic N) is 1. The lowest BCUT2D eigenvalue weighted by molar-refractivity contribution is 0.428. The molecule has 0 amide bonds. The van der Waals surface area contributed by atoms with Gasteiger partial charge in [-0.2, -0.15) is 4.31 Å². The summed E-state index contributed by atoms with van der Waals surface area (Å²) in [4.78, 5) is 1.92. The highest BCUT2D eigenvalue weighted by atomic mass is 32.2. The van der Waals surface area contributed by atoms with Crippen LogP contribution in [0.25, 0.3) is 0 Å². The highest BCUT2D eigenvalue weighted by molar-refractivity contribution is 7.91. The quantitative estimate of drug-likeness (QED) is 0.890. The van der Waals surface area contributed by atoms with Crippen LogP contribution in [-0.2, 0) is 23.1 Å². The lowest BCUT2D eigenvalue weighted by atomic mass is 10.4. The molecule has 0 fully saturated rings. The van der Waals surface area contributed by atoms with E-state index in [-0.39, 0.29) is 0 Å². The lowest BCUT2D eigenvalue weighted by Gasteiger charge is -2.18. The van der Waals surface area contributed by atoms with Crippen molar-refractivity contribution in [3.05, 3.63) is 39.4 Å². The van der Waals surface area contributed by atoms with Crippen molar-refractivity contribution in [1.82, 2.24) is 4.31 Å². The number of nitrogens with two attached hydrogens (primary N) is 1. The molecule has 0 atom stereocenters. The van der Waals surface area contributed by atoms with Crippen LogP contribution in [0.2, 0.25) is 0 Å². The van der Waals surface area contributed by atoms with Gasteiger partial charge in [0.25, 0.3) is 10.0 Å². The minimum Gasteiger partial charge on any atom is -0.326 e. The van der Waals surface area contributed by atoms with Crippen LogP contribution in [0.15, 0.2) is 33.9 Å². The van der Waals surface area contributed by atoms with Crippen molar-refractivity contribution in [3.8, 4) is 0 Å². The van der Waals surface area contributed by atoms with E-state index < -0.39 is 10.0 Å². The second kappa shape index (κ2) is 6.15. The fraction of sp³-hybridized carbons (Fsp3) is 0.333. The maximum Gasteiger partial charge on any atom is 0.252 e. The predicted octanol–water partition coefficient (Wildman–Crippen LogP) is 2.48. The average Bonchev–Trinajstić information content (AvgIpc) is 3.06. The largest absolute Gasteiger partial charge is 0.326 e. The van der Waals surface area contributed by atoms with Gasteiger partial charge in [-0.1, -0.05) is 13.0 Å². The van der Waals surface area contributed by atoms with Gasteiger partial charge in [0, 0.05) is 29.4 Å². The van der Waals surface area contributed by atoms with Crippen molar-refractivity contribution < 1.29 is 8.42 Å². The third-order valence-electron chi connectivity index (χ3n) is 2.70. The van der Waals surface area contributed by atoms with E-state index in [1.54, 1.807) is 23.5 Å². The molecule has 2 aromatic heterocycles. The molecule has 0 unspecified atom stereocenters. The van der Waals surface area contributed by atoms with Crippen LogP contribution in [0.5, 0.6) is 0 Å². The summed E-state index contributed by atoms with van der Waals surface area (Å²) in [5.74, 6) is 0. The molecule has 19 heavy (non-hydrogen) atoms. The minimum atomic E-state index is -3.41. The molecule has 2 heterocycles. The zero-order chi connectivity index (χ0) is 13.9. The molecule has 0 spiro atoms. The molecular formula is C12H16N2O2S3. The maximum absolute atomic E-state index is 12.5. The Morgan fingerprint density at radius 3 is 2.58 bits per heavy atom. The number of rotatable bonds is 6. The molecule has 0 saturated carbocycles. The maximum atomic E-state index is 12.5. The molecule has 2 aromatic rings.